The molecular weight excluding hydrogens is 265 g/mol. The quantitative estimate of drug-likeness (QED) is 0.825. The number of aryl methyl sites for hydroxylation is 2. The summed E-state index contributed by atoms with van der Waals surface area (Å²) in [5.74, 6) is -4.22. The van der Waals surface area contributed by atoms with Crippen LogP contribution in [-0.4, -0.2) is 5.11 Å². The zero-order valence-corrected chi connectivity index (χ0v) is 11.5. The molecule has 1 nitrogen and oxygen atoms in total. The fourth-order valence-electron chi connectivity index (χ4n) is 2.31. The van der Waals surface area contributed by atoms with E-state index in [1.54, 1.807) is 19.1 Å². The van der Waals surface area contributed by atoms with Crippen LogP contribution in [0.5, 0.6) is 0 Å². The van der Waals surface area contributed by atoms with Gasteiger partial charge in [-0.2, -0.15) is 0 Å². The Morgan fingerprint density at radius 1 is 0.900 bits per heavy atom. The van der Waals surface area contributed by atoms with Gasteiger partial charge in [-0.05, 0) is 44.0 Å². The Hall–Kier alpha value is -1.81. The predicted octanol–water partition coefficient (Wildman–Crippen LogP) is 3.98. The molecule has 0 aliphatic heterocycles. The average Bonchev–Trinajstić information content (AvgIpc) is 2.38. The number of rotatable bonds is 2. The second-order valence-corrected chi connectivity index (χ2v) is 5.11. The second kappa shape index (κ2) is 4.94. The lowest BCUT2D eigenvalue weighted by atomic mass is 9.84. The van der Waals surface area contributed by atoms with Crippen molar-refractivity contribution < 1.29 is 18.3 Å². The fourth-order valence-corrected chi connectivity index (χ4v) is 2.31. The summed E-state index contributed by atoms with van der Waals surface area (Å²) in [7, 11) is 0. The van der Waals surface area contributed by atoms with E-state index in [-0.39, 0.29) is 5.56 Å². The summed E-state index contributed by atoms with van der Waals surface area (Å²) in [6.45, 7) is 4.96. The maximum absolute atomic E-state index is 13.9. The summed E-state index contributed by atoms with van der Waals surface area (Å²) in [6.07, 6.45) is 0. The SMILES string of the molecule is Cc1ccc(C)c(C(C)(O)c2ccc(F)c(F)c2F)c1. The topological polar surface area (TPSA) is 20.2 Å². The van der Waals surface area contributed by atoms with Gasteiger partial charge in [0.2, 0.25) is 0 Å². The first-order valence-corrected chi connectivity index (χ1v) is 6.19. The maximum atomic E-state index is 13.9. The van der Waals surface area contributed by atoms with Crippen LogP contribution in [-0.2, 0) is 5.60 Å². The van der Waals surface area contributed by atoms with Gasteiger partial charge in [0.05, 0.1) is 0 Å². The zero-order chi connectivity index (χ0) is 15.1. The van der Waals surface area contributed by atoms with Crippen molar-refractivity contribution in [3.8, 4) is 0 Å². The molecule has 0 aliphatic rings. The standard InChI is InChI=1S/C16H15F3O/c1-9-4-5-10(2)12(8-9)16(3,20)11-6-7-13(17)15(19)14(11)18/h4-8,20H,1-3H3. The van der Waals surface area contributed by atoms with Gasteiger partial charge in [0.15, 0.2) is 17.5 Å². The Kier molecular flexibility index (Phi) is 3.61. The molecular formula is C16H15F3O. The van der Waals surface area contributed by atoms with Crippen LogP contribution in [0.4, 0.5) is 13.2 Å². The van der Waals surface area contributed by atoms with Crippen LogP contribution in [0.25, 0.3) is 0 Å². The molecule has 1 atom stereocenters. The lowest BCUT2D eigenvalue weighted by molar-refractivity contribution is 0.0959. The molecule has 2 aromatic rings. The van der Waals surface area contributed by atoms with E-state index in [4.69, 9.17) is 0 Å². The Balaban J connectivity index is 2.66. The van der Waals surface area contributed by atoms with Gasteiger partial charge in [-0.25, -0.2) is 13.2 Å². The number of halogens is 3. The first kappa shape index (κ1) is 14.6. The molecule has 0 fully saturated rings. The van der Waals surface area contributed by atoms with E-state index in [2.05, 4.69) is 0 Å². The summed E-state index contributed by atoms with van der Waals surface area (Å²) in [4.78, 5) is 0. The summed E-state index contributed by atoms with van der Waals surface area (Å²) in [6, 6.07) is 7.23. The third-order valence-corrected chi connectivity index (χ3v) is 3.48. The monoisotopic (exact) mass is 280 g/mol. The molecule has 0 saturated heterocycles. The van der Waals surface area contributed by atoms with Crippen molar-refractivity contribution in [2.45, 2.75) is 26.4 Å². The Morgan fingerprint density at radius 3 is 2.20 bits per heavy atom. The van der Waals surface area contributed by atoms with E-state index in [1.165, 1.54) is 6.92 Å². The number of hydrogen-bond donors (Lipinski definition) is 1. The Bertz CT molecular complexity index is 663. The molecule has 0 aliphatic carbocycles. The normalized spacial score (nSPS) is 14.2. The highest BCUT2D eigenvalue weighted by Crippen LogP contribution is 2.34. The molecule has 1 unspecified atom stereocenters. The van der Waals surface area contributed by atoms with Crippen LogP contribution in [0.15, 0.2) is 30.3 Å². The molecule has 20 heavy (non-hydrogen) atoms. The molecule has 0 aromatic heterocycles. The maximum Gasteiger partial charge on any atom is 0.194 e. The third-order valence-electron chi connectivity index (χ3n) is 3.48. The molecule has 0 spiro atoms. The van der Waals surface area contributed by atoms with Crippen molar-refractivity contribution in [1.82, 2.24) is 0 Å². The lowest BCUT2D eigenvalue weighted by Gasteiger charge is -2.27. The molecule has 2 rings (SSSR count). The molecule has 0 amide bonds. The van der Waals surface area contributed by atoms with Crippen molar-refractivity contribution >= 4 is 0 Å². The highest BCUT2D eigenvalue weighted by molar-refractivity contribution is 5.42. The van der Waals surface area contributed by atoms with Gasteiger partial charge >= 0.3 is 0 Å². The number of aliphatic hydroxyl groups is 1. The Labute approximate surface area is 115 Å². The van der Waals surface area contributed by atoms with Crippen molar-refractivity contribution in [3.05, 3.63) is 70.0 Å². The van der Waals surface area contributed by atoms with E-state index in [9.17, 15) is 18.3 Å². The van der Waals surface area contributed by atoms with E-state index in [0.717, 1.165) is 23.3 Å². The summed E-state index contributed by atoms with van der Waals surface area (Å²) >= 11 is 0. The minimum Gasteiger partial charge on any atom is -0.381 e. The number of hydrogen-bond acceptors (Lipinski definition) is 1. The van der Waals surface area contributed by atoms with Crippen molar-refractivity contribution in [1.29, 1.82) is 0 Å². The smallest absolute Gasteiger partial charge is 0.194 e. The molecule has 0 bridgehead atoms. The molecule has 2 aromatic carbocycles. The average molecular weight is 280 g/mol. The van der Waals surface area contributed by atoms with Gasteiger partial charge in [0.1, 0.15) is 5.60 Å². The van der Waals surface area contributed by atoms with E-state index in [0.29, 0.717) is 5.56 Å². The highest BCUT2D eigenvalue weighted by atomic mass is 19.2. The number of benzene rings is 2. The molecule has 0 saturated carbocycles. The van der Waals surface area contributed by atoms with Gasteiger partial charge in [0.25, 0.3) is 0 Å². The van der Waals surface area contributed by atoms with Crippen LogP contribution in [0.1, 0.15) is 29.2 Å². The molecule has 0 heterocycles. The van der Waals surface area contributed by atoms with Gasteiger partial charge in [-0.3, -0.25) is 0 Å². The minimum atomic E-state index is -1.74. The van der Waals surface area contributed by atoms with Crippen LogP contribution in [0.2, 0.25) is 0 Å². The largest absolute Gasteiger partial charge is 0.381 e. The molecule has 106 valence electrons. The van der Waals surface area contributed by atoms with E-state index < -0.39 is 23.1 Å². The van der Waals surface area contributed by atoms with Crippen molar-refractivity contribution in [3.63, 3.8) is 0 Å². The molecule has 0 radical (unpaired) electrons. The second-order valence-electron chi connectivity index (χ2n) is 5.11. The Morgan fingerprint density at radius 2 is 1.55 bits per heavy atom. The first-order valence-electron chi connectivity index (χ1n) is 6.19. The zero-order valence-electron chi connectivity index (χ0n) is 11.5. The fraction of sp³-hybridized carbons (Fsp3) is 0.250. The summed E-state index contributed by atoms with van der Waals surface area (Å²) < 4.78 is 40.3. The van der Waals surface area contributed by atoms with Crippen LogP contribution < -0.4 is 0 Å². The van der Waals surface area contributed by atoms with Gasteiger partial charge < -0.3 is 5.11 Å². The first-order chi connectivity index (χ1) is 9.25. The molecule has 1 N–H and O–H groups in total. The van der Waals surface area contributed by atoms with Gasteiger partial charge in [-0.15, -0.1) is 0 Å². The van der Waals surface area contributed by atoms with Crippen molar-refractivity contribution in [2.75, 3.05) is 0 Å². The highest BCUT2D eigenvalue weighted by Gasteiger charge is 2.32. The van der Waals surface area contributed by atoms with Crippen LogP contribution >= 0.6 is 0 Å². The van der Waals surface area contributed by atoms with E-state index >= 15 is 0 Å². The third kappa shape index (κ3) is 2.31. The lowest BCUT2D eigenvalue weighted by Crippen LogP contribution is -2.26. The summed E-state index contributed by atoms with van der Waals surface area (Å²) in [5, 5.41) is 10.6. The minimum absolute atomic E-state index is 0.287. The van der Waals surface area contributed by atoms with Gasteiger partial charge in [0, 0.05) is 5.56 Å². The predicted molar refractivity (Wildman–Crippen MR) is 70.9 cm³/mol. The van der Waals surface area contributed by atoms with Crippen LogP contribution in [0, 0.1) is 31.3 Å². The van der Waals surface area contributed by atoms with E-state index in [1.807, 2.05) is 13.0 Å². The van der Waals surface area contributed by atoms with Crippen LogP contribution in [0.3, 0.4) is 0 Å². The van der Waals surface area contributed by atoms with Crippen molar-refractivity contribution in [2.24, 2.45) is 0 Å². The molecule has 4 heteroatoms. The van der Waals surface area contributed by atoms with Gasteiger partial charge in [-0.1, -0.05) is 23.8 Å². The summed E-state index contributed by atoms with van der Waals surface area (Å²) in [5.41, 5.74) is 0.0560.